The average Bonchev–Trinajstić information content (AvgIpc) is 2.41. The SMILES string of the molecule is Cc1nc(C(F)(F)F)ccc1C(=O)Nc1cc(F)ccc1N. The molecule has 2 rings (SSSR count). The summed E-state index contributed by atoms with van der Waals surface area (Å²) >= 11 is 0. The zero-order valence-corrected chi connectivity index (χ0v) is 11.3. The third-order valence-electron chi connectivity index (χ3n) is 2.88. The number of anilines is 2. The molecular weight excluding hydrogens is 302 g/mol. The Morgan fingerprint density at radius 3 is 2.50 bits per heavy atom. The molecule has 3 N–H and O–H groups in total. The summed E-state index contributed by atoms with van der Waals surface area (Å²) in [4.78, 5) is 15.4. The first-order valence-corrected chi connectivity index (χ1v) is 6.09. The van der Waals surface area contributed by atoms with E-state index in [0.29, 0.717) is 6.07 Å². The molecule has 1 amide bonds. The number of alkyl halides is 3. The number of aryl methyl sites for hydroxylation is 1. The van der Waals surface area contributed by atoms with E-state index in [1.807, 2.05) is 0 Å². The number of hydrogen-bond acceptors (Lipinski definition) is 3. The Kier molecular flexibility index (Phi) is 4.03. The molecule has 0 aliphatic heterocycles. The predicted octanol–water partition coefficient (Wildman–Crippen LogP) is 3.38. The van der Waals surface area contributed by atoms with Crippen molar-refractivity contribution in [3.8, 4) is 0 Å². The van der Waals surface area contributed by atoms with Crippen molar-refractivity contribution in [2.45, 2.75) is 13.1 Å². The van der Waals surface area contributed by atoms with Crippen LogP contribution in [0, 0.1) is 12.7 Å². The topological polar surface area (TPSA) is 68.0 Å². The third kappa shape index (κ3) is 3.33. The fourth-order valence-electron chi connectivity index (χ4n) is 1.79. The highest BCUT2D eigenvalue weighted by molar-refractivity contribution is 6.06. The standard InChI is InChI=1S/C14H11F4N3O/c1-7-9(3-5-12(20-7)14(16,17)18)13(22)21-11-6-8(15)2-4-10(11)19/h2-6H,19H2,1H3,(H,21,22). The highest BCUT2D eigenvalue weighted by Gasteiger charge is 2.33. The molecule has 0 atom stereocenters. The molecule has 0 fully saturated rings. The lowest BCUT2D eigenvalue weighted by Crippen LogP contribution is -2.17. The van der Waals surface area contributed by atoms with E-state index in [4.69, 9.17) is 5.73 Å². The first kappa shape index (κ1) is 15.7. The van der Waals surface area contributed by atoms with Gasteiger partial charge in [-0.3, -0.25) is 4.79 Å². The average molecular weight is 313 g/mol. The van der Waals surface area contributed by atoms with Gasteiger partial charge in [0.05, 0.1) is 22.6 Å². The van der Waals surface area contributed by atoms with Crippen molar-refractivity contribution in [1.29, 1.82) is 0 Å². The zero-order chi connectivity index (χ0) is 16.5. The molecule has 22 heavy (non-hydrogen) atoms. The van der Waals surface area contributed by atoms with Gasteiger partial charge in [0, 0.05) is 0 Å². The van der Waals surface area contributed by atoms with Gasteiger partial charge < -0.3 is 11.1 Å². The summed E-state index contributed by atoms with van der Waals surface area (Å²) in [5.74, 6) is -1.33. The number of hydrogen-bond donors (Lipinski definition) is 2. The molecule has 0 unspecified atom stereocenters. The number of halogens is 4. The van der Waals surface area contributed by atoms with Gasteiger partial charge in [0.1, 0.15) is 11.5 Å². The van der Waals surface area contributed by atoms with E-state index in [2.05, 4.69) is 10.3 Å². The summed E-state index contributed by atoms with van der Waals surface area (Å²) in [6.07, 6.45) is -4.59. The van der Waals surface area contributed by atoms with Crippen LogP contribution in [0.3, 0.4) is 0 Å². The lowest BCUT2D eigenvalue weighted by atomic mass is 10.1. The van der Waals surface area contributed by atoms with Crippen molar-refractivity contribution in [3.05, 3.63) is 53.1 Å². The van der Waals surface area contributed by atoms with Crippen LogP contribution in [0.25, 0.3) is 0 Å². The quantitative estimate of drug-likeness (QED) is 0.659. The van der Waals surface area contributed by atoms with E-state index in [-0.39, 0.29) is 22.6 Å². The number of amides is 1. The highest BCUT2D eigenvalue weighted by Crippen LogP contribution is 2.28. The fraction of sp³-hybridized carbons (Fsp3) is 0.143. The summed E-state index contributed by atoms with van der Waals surface area (Å²) < 4.78 is 50.7. The first-order valence-electron chi connectivity index (χ1n) is 6.09. The maximum atomic E-state index is 13.1. The molecular formula is C14H11F4N3O. The summed E-state index contributed by atoms with van der Waals surface area (Å²) in [5.41, 5.74) is 4.51. The van der Waals surface area contributed by atoms with Crippen LogP contribution in [0.4, 0.5) is 28.9 Å². The van der Waals surface area contributed by atoms with Gasteiger partial charge in [-0.2, -0.15) is 13.2 Å². The van der Waals surface area contributed by atoms with Crippen molar-refractivity contribution in [2.75, 3.05) is 11.1 Å². The Balaban J connectivity index is 2.29. The second-order valence-electron chi connectivity index (χ2n) is 4.51. The smallest absolute Gasteiger partial charge is 0.397 e. The van der Waals surface area contributed by atoms with Crippen molar-refractivity contribution in [2.24, 2.45) is 0 Å². The van der Waals surface area contributed by atoms with Crippen LogP contribution >= 0.6 is 0 Å². The third-order valence-corrected chi connectivity index (χ3v) is 2.88. The molecule has 1 aromatic heterocycles. The molecule has 0 aliphatic carbocycles. The van der Waals surface area contributed by atoms with Crippen LogP contribution < -0.4 is 11.1 Å². The summed E-state index contributed by atoms with van der Waals surface area (Å²) in [6.45, 7) is 1.28. The Bertz CT molecular complexity index is 729. The normalized spacial score (nSPS) is 11.3. The number of nitrogens with zero attached hydrogens (tertiary/aromatic N) is 1. The molecule has 0 saturated carbocycles. The Labute approximate surface area is 123 Å². The number of aromatic nitrogens is 1. The highest BCUT2D eigenvalue weighted by atomic mass is 19.4. The van der Waals surface area contributed by atoms with Gasteiger partial charge >= 0.3 is 6.18 Å². The maximum absolute atomic E-state index is 13.1. The van der Waals surface area contributed by atoms with Crippen LogP contribution in [0.2, 0.25) is 0 Å². The minimum absolute atomic E-state index is 0.0318. The molecule has 1 heterocycles. The summed E-state index contributed by atoms with van der Waals surface area (Å²) in [6, 6.07) is 5.12. The molecule has 8 heteroatoms. The predicted molar refractivity (Wildman–Crippen MR) is 72.7 cm³/mol. The second-order valence-corrected chi connectivity index (χ2v) is 4.51. The van der Waals surface area contributed by atoms with Gasteiger partial charge in [0.2, 0.25) is 0 Å². The van der Waals surface area contributed by atoms with E-state index in [9.17, 15) is 22.4 Å². The van der Waals surface area contributed by atoms with Crippen LogP contribution in [0.5, 0.6) is 0 Å². The van der Waals surface area contributed by atoms with Gasteiger partial charge in [0.25, 0.3) is 5.91 Å². The van der Waals surface area contributed by atoms with Crippen LogP contribution in [-0.4, -0.2) is 10.9 Å². The Hall–Kier alpha value is -2.64. The molecule has 0 radical (unpaired) electrons. The number of nitrogens with one attached hydrogen (secondary N) is 1. The largest absolute Gasteiger partial charge is 0.433 e. The van der Waals surface area contributed by atoms with E-state index in [1.54, 1.807) is 0 Å². The number of nitrogens with two attached hydrogens (primary N) is 1. The van der Waals surface area contributed by atoms with Gasteiger partial charge in [0.15, 0.2) is 0 Å². The number of nitrogen functional groups attached to an aromatic ring is 1. The fourth-order valence-corrected chi connectivity index (χ4v) is 1.79. The molecule has 1 aromatic carbocycles. The lowest BCUT2D eigenvalue weighted by molar-refractivity contribution is -0.141. The van der Waals surface area contributed by atoms with Crippen molar-refractivity contribution < 1.29 is 22.4 Å². The molecule has 0 spiro atoms. The minimum Gasteiger partial charge on any atom is -0.397 e. The van der Waals surface area contributed by atoms with Gasteiger partial charge in [-0.1, -0.05) is 0 Å². The van der Waals surface area contributed by atoms with Crippen molar-refractivity contribution >= 4 is 17.3 Å². The molecule has 116 valence electrons. The van der Waals surface area contributed by atoms with Crippen LogP contribution in [-0.2, 0) is 6.18 Å². The molecule has 0 saturated heterocycles. The van der Waals surface area contributed by atoms with E-state index < -0.39 is 23.6 Å². The molecule has 4 nitrogen and oxygen atoms in total. The van der Waals surface area contributed by atoms with Gasteiger partial charge in [-0.25, -0.2) is 9.37 Å². The first-order chi connectivity index (χ1) is 10.2. The van der Waals surface area contributed by atoms with Crippen LogP contribution in [0.15, 0.2) is 30.3 Å². The second kappa shape index (κ2) is 5.63. The summed E-state index contributed by atoms with van der Waals surface area (Å²) in [7, 11) is 0. The Morgan fingerprint density at radius 1 is 1.23 bits per heavy atom. The van der Waals surface area contributed by atoms with Gasteiger partial charge in [-0.05, 0) is 37.3 Å². The number of carbonyl (C=O) groups excluding carboxylic acids is 1. The number of pyridine rings is 1. The number of benzene rings is 1. The summed E-state index contributed by atoms with van der Waals surface area (Å²) in [5, 5.41) is 2.34. The van der Waals surface area contributed by atoms with Crippen molar-refractivity contribution in [3.63, 3.8) is 0 Å². The minimum atomic E-state index is -4.59. The Morgan fingerprint density at radius 2 is 1.91 bits per heavy atom. The zero-order valence-electron chi connectivity index (χ0n) is 11.3. The van der Waals surface area contributed by atoms with Crippen molar-refractivity contribution in [1.82, 2.24) is 4.98 Å². The van der Waals surface area contributed by atoms with E-state index in [1.165, 1.54) is 13.0 Å². The lowest BCUT2D eigenvalue weighted by Gasteiger charge is -2.11. The van der Waals surface area contributed by atoms with Crippen LogP contribution in [0.1, 0.15) is 21.7 Å². The maximum Gasteiger partial charge on any atom is 0.433 e. The van der Waals surface area contributed by atoms with E-state index >= 15 is 0 Å². The monoisotopic (exact) mass is 313 g/mol. The van der Waals surface area contributed by atoms with Gasteiger partial charge in [-0.15, -0.1) is 0 Å². The molecule has 0 bridgehead atoms. The number of carbonyl (C=O) groups is 1. The molecule has 0 aliphatic rings. The van der Waals surface area contributed by atoms with E-state index in [0.717, 1.165) is 18.2 Å². The molecule has 2 aromatic rings. The number of rotatable bonds is 2.